The molecular weight excluding hydrogens is 259 g/mol. The molecule has 2 rings (SSSR count). The van der Waals surface area contributed by atoms with Crippen molar-refractivity contribution in [2.75, 3.05) is 6.54 Å². The summed E-state index contributed by atoms with van der Waals surface area (Å²) in [5.74, 6) is -0.220. The van der Waals surface area contributed by atoms with E-state index in [1.165, 1.54) is 23.9 Å². The summed E-state index contributed by atoms with van der Waals surface area (Å²) in [4.78, 5) is 5.27. The van der Waals surface area contributed by atoms with Crippen molar-refractivity contribution in [3.05, 3.63) is 54.0 Å². The molecule has 0 aliphatic rings. The van der Waals surface area contributed by atoms with Crippen molar-refractivity contribution >= 4 is 11.8 Å². The molecule has 0 aliphatic carbocycles. The fourth-order valence-electron chi connectivity index (χ4n) is 1.88. The third-order valence-electron chi connectivity index (χ3n) is 2.79. The molecule has 2 nitrogen and oxygen atoms in total. The van der Waals surface area contributed by atoms with Gasteiger partial charge < -0.3 is 5.32 Å². The lowest BCUT2D eigenvalue weighted by Crippen LogP contribution is -2.18. The average molecular weight is 276 g/mol. The Morgan fingerprint density at radius 2 is 2.16 bits per heavy atom. The number of hydrogen-bond acceptors (Lipinski definition) is 3. The van der Waals surface area contributed by atoms with Gasteiger partial charge in [-0.15, -0.1) is 0 Å². The Morgan fingerprint density at radius 3 is 2.89 bits per heavy atom. The van der Waals surface area contributed by atoms with E-state index in [4.69, 9.17) is 0 Å². The number of hydrogen-bond donors (Lipinski definition) is 1. The van der Waals surface area contributed by atoms with Gasteiger partial charge in [-0.25, -0.2) is 9.37 Å². The van der Waals surface area contributed by atoms with Crippen LogP contribution in [0.4, 0.5) is 4.39 Å². The molecular formula is C15H17FN2S. The van der Waals surface area contributed by atoms with Gasteiger partial charge in [-0.3, -0.25) is 0 Å². The molecule has 0 bridgehead atoms. The highest BCUT2D eigenvalue weighted by Crippen LogP contribution is 2.31. The maximum Gasteiger partial charge on any atom is 0.124 e. The van der Waals surface area contributed by atoms with E-state index in [1.54, 1.807) is 12.3 Å². The molecule has 4 heteroatoms. The molecule has 0 saturated carbocycles. The molecule has 1 aromatic carbocycles. The van der Waals surface area contributed by atoms with Gasteiger partial charge in [-0.2, -0.15) is 0 Å². The summed E-state index contributed by atoms with van der Waals surface area (Å²) >= 11 is 1.49. The van der Waals surface area contributed by atoms with Gasteiger partial charge in [-0.05, 0) is 37.7 Å². The molecule has 0 saturated heterocycles. The number of nitrogens with zero attached hydrogens (tertiary/aromatic N) is 1. The van der Waals surface area contributed by atoms with Crippen LogP contribution in [0, 0.1) is 5.82 Å². The standard InChI is InChI=1S/C15H17FN2S/c1-3-17-11(2)14-8-5-9-18-15(14)19-13-7-4-6-12(16)10-13/h4-11,17H,3H2,1-2H3. The highest BCUT2D eigenvalue weighted by Gasteiger charge is 2.11. The van der Waals surface area contributed by atoms with Crippen LogP contribution in [-0.4, -0.2) is 11.5 Å². The number of benzene rings is 1. The summed E-state index contributed by atoms with van der Waals surface area (Å²) in [6.45, 7) is 5.09. The number of rotatable bonds is 5. The molecule has 100 valence electrons. The van der Waals surface area contributed by atoms with Crippen molar-refractivity contribution in [1.82, 2.24) is 10.3 Å². The molecule has 0 fully saturated rings. The van der Waals surface area contributed by atoms with E-state index >= 15 is 0 Å². The summed E-state index contributed by atoms with van der Waals surface area (Å²) in [6, 6.07) is 10.8. The zero-order chi connectivity index (χ0) is 13.7. The second kappa shape index (κ2) is 6.68. The Hall–Kier alpha value is -1.39. The topological polar surface area (TPSA) is 24.9 Å². The van der Waals surface area contributed by atoms with Gasteiger partial charge in [0, 0.05) is 22.7 Å². The monoisotopic (exact) mass is 276 g/mol. The van der Waals surface area contributed by atoms with Gasteiger partial charge in [0.2, 0.25) is 0 Å². The van der Waals surface area contributed by atoms with Gasteiger partial charge in [-0.1, -0.05) is 30.8 Å². The van der Waals surface area contributed by atoms with E-state index in [-0.39, 0.29) is 11.9 Å². The predicted octanol–water partition coefficient (Wildman–Crippen LogP) is 4.04. The molecule has 1 heterocycles. The van der Waals surface area contributed by atoms with E-state index in [2.05, 4.69) is 30.2 Å². The van der Waals surface area contributed by atoms with Crippen molar-refractivity contribution in [3.63, 3.8) is 0 Å². The summed E-state index contributed by atoms with van der Waals surface area (Å²) in [5.41, 5.74) is 1.14. The number of pyridine rings is 1. The Bertz CT molecular complexity index is 545. The lowest BCUT2D eigenvalue weighted by atomic mass is 10.1. The van der Waals surface area contributed by atoms with Crippen molar-refractivity contribution in [2.45, 2.75) is 29.8 Å². The summed E-state index contributed by atoms with van der Waals surface area (Å²) in [6.07, 6.45) is 1.77. The third kappa shape index (κ3) is 3.78. The average Bonchev–Trinajstić information content (AvgIpc) is 2.39. The Morgan fingerprint density at radius 1 is 1.32 bits per heavy atom. The highest BCUT2D eigenvalue weighted by atomic mass is 32.2. The first-order valence-electron chi connectivity index (χ1n) is 6.32. The van der Waals surface area contributed by atoms with E-state index in [9.17, 15) is 4.39 Å². The van der Waals surface area contributed by atoms with Crippen molar-refractivity contribution in [1.29, 1.82) is 0 Å². The normalized spacial score (nSPS) is 12.4. The van der Waals surface area contributed by atoms with Crippen LogP contribution in [-0.2, 0) is 0 Å². The quantitative estimate of drug-likeness (QED) is 0.892. The van der Waals surface area contributed by atoms with Gasteiger partial charge in [0.1, 0.15) is 10.8 Å². The van der Waals surface area contributed by atoms with E-state index < -0.39 is 0 Å². The van der Waals surface area contributed by atoms with Crippen LogP contribution in [0.15, 0.2) is 52.5 Å². The predicted molar refractivity (Wildman–Crippen MR) is 76.9 cm³/mol. The Labute approximate surface area is 117 Å². The van der Waals surface area contributed by atoms with Crippen LogP contribution in [0.25, 0.3) is 0 Å². The van der Waals surface area contributed by atoms with E-state index in [1.807, 2.05) is 12.1 Å². The molecule has 2 aromatic rings. The van der Waals surface area contributed by atoms with Crippen molar-refractivity contribution in [3.8, 4) is 0 Å². The first-order chi connectivity index (χ1) is 9.20. The molecule has 0 radical (unpaired) electrons. The molecule has 1 unspecified atom stereocenters. The zero-order valence-electron chi connectivity index (χ0n) is 11.1. The Balaban J connectivity index is 2.25. The van der Waals surface area contributed by atoms with Crippen LogP contribution >= 0.6 is 11.8 Å². The first kappa shape index (κ1) is 14.0. The summed E-state index contributed by atoms with van der Waals surface area (Å²) < 4.78 is 13.2. The zero-order valence-corrected chi connectivity index (χ0v) is 11.9. The lowest BCUT2D eigenvalue weighted by Gasteiger charge is -2.15. The van der Waals surface area contributed by atoms with Gasteiger partial charge in [0.05, 0.1) is 0 Å². The maximum atomic E-state index is 13.2. The minimum atomic E-state index is -0.220. The van der Waals surface area contributed by atoms with E-state index in [0.717, 1.165) is 22.0 Å². The SMILES string of the molecule is CCNC(C)c1cccnc1Sc1cccc(F)c1. The fraction of sp³-hybridized carbons (Fsp3) is 0.267. The van der Waals surface area contributed by atoms with Crippen LogP contribution < -0.4 is 5.32 Å². The molecule has 0 aliphatic heterocycles. The Kier molecular flexibility index (Phi) is 4.93. The third-order valence-corrected chi connectivity index (χ3v) is 3.81. The largest absolute Gasteiger partial charge is 0.310 e. The minimum Gasteiger partial charge on any atom is -0.310 e. The smallest absolute Gasteiger partial charge is 0.124 e. The van der Waals surface area contributed by atoms with Crippen LogP contribution in [0.2, 0.25) is 0 Å². The van der Waals surface area contributed by atoms with Gasteiger partial charge >= 0.3 is 0 Å². The number of halogens is 1. The van der Waals surface area contributed by atoms with E-state index in [0.29, 0.717) is 0 Å². The minimum absolute atomic E-state index is 0.220. The molecule has 19 heavy (non-hydrogen) atoms. The fourth-order valence-corrected chi connectivity index (χ4v) is 2.89. The second-order valence-corrected chi connectivity index (χ2v) is 5.30. The van der Waals surface area contributed by atoms with Gasteiger partial charge in [0.15, 0.2) is 0 Å². The lowest BCUT2D eigenvalue weighted by molar-refractivity contribution is 0.585. The van der Waals surface area contributed by atoms with Crippen molar-refractivity contribution in [2.24, 2.45) is 0 Å². The molecule has 1 aromatic heterocycles. The van der Waals surface area contributed by atoms with Crippen LogP contribution in [0.3, 0.4) is 0 Å². The molecule has 0 spiro atoms. The highest BCUT2D eigenvalue weighted by molar-refractivity contribution is 7.99. The number of nitrogens with one attached hydrogen (secondary N) is 1. The summed E-state index contributed by atoms with van der Waals surface area (Å²) in [5, 5.41) is 4.29. The molecule has 1 N–H and O–H groups in total. The van der Waals surface area contributed by atoms with Crippen LogP contribution in [0.1, 0.15) is 25.5 Å². The maximum absolute atomic E-state index is 13.2. The van der Waals surface area contributed by atoms with Crippen LogP contribution in [0.5, 0.6) is 0 Å². The molecule has 0 amide bonds. The van der Waals surface area contributed by atoms with Gasteiger partial charge in [0.25, 0.3) is 0 Å². The first-order valence-corrected chi connectivity index (χ1v) is 7.14. The number of aromatic nitrogens is 1. The molecule has 1 atom stereocenters. The second-order valence-electron chi connectivity index (χ2n) is 4.24. The summed E-state index contributed by atoms with van der Waals surface area (Å²) in [7, 11) is 0. The van der Waals surface area contributed by atoms with Crippen molar-refractivity contribution < 1.29 is 4.39 Å².